The molecule has 1 aromatic heterocycles. The molecule has 1 saturated heterocycles. The Morgan fingerprint density at radius 3 is 2.67 bits per heavy atom. The third-order valence-corrected chi connectivity index (χ3v) is 8.73. The predicted octanol–water partition coefficient (Wildman–Crippen LogP) is 6.32. The summed E-state index contributed by atoms with van der Waals surface area (Å²) in [5, 5.41) is 22.7. The summed E-state index contributed by atoms with van der Waals surface area (Å²) >= 11 is 1.69. The SMILES string of the molecule is COc1cc(Cc2c(CC3=CCC=C(NC(=O)OCCC(=O)O)C=C3)sc3cc(O)ccc23)ccc1CN1CCCC1. The third kappa shape index (κ3) is 7.60. The second kappa shape index (κ2) is 13.7. The van der Waals surface area contributed by atoms with Gasteiger partial charge in [0.2, 0.25) is 0 Å². The van der Waals surface area contributed by atoms with E-state index in [0.29, 0.717) is 18.5 Å². The van der Waals surface area contributed by atoms with Gasteiger partial charge in [-0.25, -0.2) is 4.79 Å². The number of alkyl carbamates (subject to hydrolysis) is 1. The van der Waals surface area contributed by atoms with Crippen LogP contribution in [0.3, 0.4) is 0 Å². The van der Waals surface area contributed by atoms with Crippen molar-refractivity contribution >= 4 is 33.5 Å². The Bertz CT molecular complexity index is 1550. The van der Waals surface area contributed by atoms with Crippen LogP contribution in [0.1, 0.15) is 47.3 Å². The van der Waals surface area contributed by atoms with E-state index in [0.717, 1.165) is 47.5 Å². The van der Waals surface area contributed by atoms with E-state index < -0.39 is 12.1 Å². The highest BCUT2D eigenvalue weighted by Gasteiger charge is 2.18. The molecule has 220 valence electrons. The van der Waals surface area contributed by atoms with E-state index in [-0.39, 0.29) is 18.8 Å². The van der Waals surface area contributed by atoms with Gasteiger partial charge in [-0.05, 0) is 91.2 Å². The van der Waals surface area contributed by atoms with Crippen LogP contribution in [0.5, 0.6) is 11.5 Å². The number of phenols is 1. The number of carboxylic acids is 1. The maximum atomic E-state index is 12.0. The normalized spacial score (nSPS) is 15.3. The van der Waals surface area contributed by atoms with E-state index in [1.54, 1.807) is 24.5 Å². The van der Waals surface area contributed by atoms with Crippen LogP contribution in [0, 0.1) is 0 Å². The molecule has 42 heavy (non-hydrogen) atoms. The zero-order chi connectivity index (χ0) is 29.5. The average Bonchev–Trinajstić information content (AvgIpc) is 3.52. The number of aromatic hydroxyl groups is 1. The minimum absolute atomic E-state index is 0.182. The second-order valence-electron chi connectivity index (χ2n) is 10.6. The van der Waals surface area contributed by atoms with Crippen molar-refractivity contribution in [3.8, 4) is 11.5 Å². The van der Waals surface area contributed by atoms with Crippen molar-refractivity contribution in [1.29, 1.82) is 0 Å². The molecular weight excluding hydrogens is 552 g/mol. The van der Waals surface area contributed by atoms with Crippen LogP contribution < -0.4 is 10.1 Å². The van der Waals surface area contributed by atoms with Gasteiger partial charge in [0.15, 0.2) is 0 Å². The lowest BCUT2D eigenvalue weighted by Gasteiger charge is -2.18. The van der Waals surface area contributed by atoms with Gasteiger partial charge in [-0.1, -0.05) is 30.4 Å². The van der Waals surface area contributed by atoms with Crippen LogP contribution in [-0.2, 0) is 28.9 Å². The summed E-state index contributed by atoms with van der Waals surface area (Å²) in [6.45, 7) is 2.99. The Morgan fingerprint density at radius 2 is 1.88 bits per heavy atom. The van der Waals surface area contributed by atoms with Gasteiger partial charge >= 0.3 is 12.1 Å². The first-order valence-electron chi connectivity index (χ1n) is 14.2. The number of nitrogens with zero attached hydrogens (tertiary/aromatic N) is 1. The lowest BCUT2D eigenvalue weighted by molar-refractivity contribution is -0.137. The van der Waals surface area contributed by atoms with Crippen LogP contribution in [0.25, 0.3) is 10.1 Å². The Labute approximate surface area is 249 Å². The van der Waals surface area contributed by atoms with Crippen molar-refractivity contribution in [2.24, 2.45) is 0 Å². The summed E-state index contributed by atoms with van der Waals surface area (Å²) in [5.74, 6) is 0.147. The largest absolute Gasteiger partial charge is 0.508 e. The smallest absolute Gasteiger partial charge is 0.411 e. The van der Waals surface area contributed by atoms with Gasteiger partial charge in [0, 0.05) is 33.8 Å². The van der Waals surface area contributed by atoms with Crippen LogP contribution in [0.15, 0.2) is 72.0 Å². The topological polar surface area (TPSA) is 108 Å². The van der Waals surface area contributed by atoms with Gasteiger partial charge in [0.1, 0.15) is 18.1 Å². The summed E-state index contributed by atoms with van der Waals surface area (Å²) in [6, 6.07) is 12.1. The molecule has 1 amide bonds. The van der Waals surface area contributed by atoms with Gasteiger partial charge < -0.3 is 19.7 Å². The number of carboxylic acid groups (broad SMARTS) is 1. The number of phenolic OH excluding ortho intramolecular Hbond substituents is 1. The van der Waals surface area contributed by atoms with Crippen LogP contribution in [-0.4, -0.2) is 54.0 Å². The van der Waals surface area contributed by atoms with E-state index in [1.807, 2.05) is 30.4 Å². The number of allylic oxidation sites excluding steroid dienone is 5. The number of likely N-dealkylation sites (tertiary alicyclic amines) is 1. The molecule has 2 heterocycles. The molecular formula is C33H36N2O6S. The quantitative estimate of drug-likeness (QED) is 0.241. The maximum absolute atomic E-state index is 12.0. The van der Waals surface area contributed by atoms with Gasteiger partial charge in [-0.2, -0.15) is 0 Å². The first-order chi connectivity index (χ1) is 20.4. The van der Waals surface area contributed by atoms with Crippen molar-refractivity contribution in [1.82, 2.24) is 10.2 Å². The maximum Gasteiger partial charge on any atom is 0.411 e. The number of carbonyl (C=O) groups excluding carboxylic acids is 1. The highest BCUT2D eigenvalue weighted by atomic mass is 32.1. The number of benzene rings is 2. The summed E-state index contributed by atoms with van der Waals surface area (Å²) in [4.78, 5) is 26.4. The number of hydrogen-bond donors (Lipinski definition) is 3. The number of thiophene rings is 1. The van der Waals surface area contributed by atoms with Gasteiger partial charge in [0.25, 0.3) is 0 Å². The molecule has 1 aliphatic heterocycles. The third-order valence-electron chi connectivity index (χ3n) is 7.54. The summed E-state index contributed by atoms with van der Waals surface area (Å²) in [5.41, 5.74) is 5.32. The molecule has 5 rings (SSSR count). The molecule has 3 aromatic rings. The van der Waals surface area contributed by atoms with E-state index >= 15 is 0 Å². The Hall–Kier alpha value is -4.08. The number of fused-ring (bicyclic) bond motifs is 1. The number of aliphatic carboxylic acids is 1. The van der Waals surface area contributed by atoms with Crippen LogP contribution in [0.2, 0.25) is 0 Å². The second-order valence-corrected chi connectivity index (χ2v) is 11.7. The molecule has 0 unspecified atom stereocenters. The lowest BCUT2D eigenvalue weighted by Crippen LogP contribution is -2.23. The minimum Gasteiger partial charge on any atom is -0.508 e. The van der Waals surface area contributed by atoms with Gasteiger partial charge in [-0.15, -0.1) is 11.3 Å². The molecule has 3 N–H and O–H groups in total. The fourth-order valence-electron chi connectivity index (χ4n) is 5.41. The summed E-state index contributed by atoms with van der Waals surface area (Å²) in [6.07, 6.45) is 11.5. The predicted molar refractivity (Wildman–Crippen MR) is 164 cm³/mol. The van der Waals surface area contributed by atoms with Crippen molar-refractivity contribution in [3.63, 3.8) is 0 Å². The highest BCUT2D eigenvalue weighted by Crippen LogP contribution is 2.37. The van der Waals surface area contributed by atoms with E-state index in [2.05, 4.69) is 34.5 Å². The first-order valence-corrected chi connectivity index (χ1v) is 15.0. The van der Waals surface area contributed by atoms with Crippen molar-refractivity contribution in [2.45, 2.75) is 45.1 Å². The molecule has 8 nitrogen and oxygen atoms in total. The molecule has 0 atom stereocenters. The molecule has 9 heteroatoms. The average molecular weight is 589 g/mol. The van der Waals surface area contributed by atoms with Gasteiger partial charge in [-0.3, -0.25) is 15.0 Å². The lowest BCUT2D eigenvalue weighted by atomic mass is 9.97. The molecule has 1 aliphatic carbocycles. The highest BCUT2D eigenvalue weighted by molar-refractivity contribution is 7.19. The Balaban J connectivity index is 1.32. The number of hydrogen-bond acceptors (Lipinski definition) is 7. The zero-order valence-electron chi connectivity index (χ0n) is 23.7. The standard InChI is InChI=1S/C33H36N2O6S/c1-40-29-18-23(7-9-24(29)21-35-14-2-3-15-35)17-28-27-12-11-26(36)20-31(27)42-30(28)19-22-5-4-6-25(10-8-22)34-33(39)41-16-13-32(37)38/h5-12,18,20,36H,2-4,13-17,19,21H2,1H3,(H,34,39)(H,37,38). The molecule has 2 aromatic carbocycles. The minimum atomic E-state index is -1.02. The van der Waals surface area contributed by atoms with E-state index in [4.69, 9.17) is 14.6 Å². The Morgan fingerprint density at radius 1 is 1.05 bits per heavy atom. The number of amides is 1. The number of methoxy groups -OCH3 is 1. The van der Waals surface area contributed by atoms with Crippen molar-refractivity contribution in [3.05, 3.63) is 93.5 Å². The molecule has 0 radical (unpaired) electrons. The van der Waals surface area contributed by atoms with Crippen molar-refractivity contribution < 1.29 is 29.3 Å². The molecule has 0 spiro atoms. The number of ether oxygens (including phenoxy) is 2. The zero-order valence-corrected chi connectivity index (χ0v) is 24.5. The molecule has 0 bridgehead atoms. The number of rotatable bonds is 11. The molecule has 2 aliphatic rings. The van der Waals surface area contributed by atoms with Gasteiger partial charge in [0.05, 0.1) is 13.5 Å². The van der Waals surface area contributed by atoms with Crippen molar-refractivity contribution in [2.75, 3.05) is 26.8 Å². The Kier molecular flexibility index (Phi) is 9.61. The number of nitrogens with one attached hydrogen (secondary N) is 1. The fraction of sp³-hybridized carbons (Fsp3) is 0.333. The monoisotopic (exact) mass is 588 g/mol. The van der Waals surface area contributed by atoms with E-state index in [1.165, 1.54) is 34.4 Å². The summed E-state index contributed by atoms with van der Waals surface area (Å²) < 4.78 is 11.8. The van der Waals surface area contributed by atoms with Crippen LogP contribution in [0.4, 0.5) is 4.79 Å². The van der Waals surface area contributed by atoms with Crippen LogP contribution >= 0.6 is 11.3 Å². The first kappa shape index (κ1) is 29.4. The fourth-order valence-corrected chi connectivity index (χ4v) is 6.70. The molecule has 0 saturated carbocycles. The molecule has 1 fully saturated rings. The summed E-state index contributed by atoms with van der Waals surface area (Å²) in [7, 11) is 1.73. The van der Waals surface area contributed by atoms with E-state index in [9.17, 15) is 14.7 Å². The number of carbonyl (C=O) groups is 2.